The molecule has 4 aliphatic carbocycles. The lowest BCUT2D eigenvalue weighted by atomic mass is 9.61. The Kier molecular flexibility index (Phi) is 6.00. The highest BCUT2D eigenvalue weighted by molar-refractivity contribution is 7.27. The minimum Gasteiger partial charge on any atom is -0.308 e. The average Bonchev–Trinajstić information content (AvgIpc) is 4.14. The van der Waals surface area contributed by atoms with Crippen molar-refractivity contribution in [2.24, 2.45) is 0 Å². The third kappa shape index (κ3) is 3.72. The Labute approximate surface area is 366 Å². The standard InChI is InChI=1S/C57H37NS3/c1-55(2)37-12-6-5-10-32(37)36-28-44-47(29-43(36)55)58(45-14-8-7-13-38(45)56(44,3)4)46-15-9-11-33-34-21-23-40-50(52(34)61-51(33)46)35-20-18-30-16-17-31-19-22-39(49(35)48(30)31)57(40)41-24-26-59-53(41)54-42(57)25-27-60-54/h5-29H,1-4H3. The van der Waals surface area contributed by atoms with Crippen molar-refractivity contribution in [2.45, 2.75) is 43.9 Å². The third-order valence-electron chi connectivity index (χ3n) is 15.4. The molecule has 4 heteroatoms. The van der Waals surface area contributed by atoms with E-state index in [9.17, 15) is 0 Å². The van der Waals surface area contributed by atoms with Crippen LogP contribution in [0.3, 0.4) is 0 Å². The van der Waals surface area contributed by atoms with Crippen LogP contribution >= 0.6 is 34.0 Å². The van der Waals surface area contributed by atoms with E-state index in [1.54, 1.807) is 0 Å². The molecule has 10 aromatic rings. The molecule has 0 radical (unpaired) electrons. The van der Waals surface area contributed by atoms with Gasteiger partial charge < -0.3 is 4.90 Å². The fourth-order valence-electron chi connectivity index (χ4n) is 12.7. The van der Waals surface area contributed by atoms with Crippen LogP contribution in [0.15, 0.2) is 138 Å². The van der Waals surface area contributed by atoms with Crippen molar-refractivity contribution >= 4 is 94.2 Å². The summed E-state index contributed by atoms with van der Waals surface area (Å²) in [6.07, 6.45) is 4.64. The predicted octanol–water partition coefficient (Wildman–Crippen LogP) is 16.6. The highest BCUT2D eigenvalue weighted by Crippen LogP contribution is 2.67. The largest absolute Gasteiger partial charge is 0.308 e. The van der Waals surface area contributed by atoms with Crippen molar-refractivity contribution in [2.75, 3.05) is 4.90 Å². The Bertz CT molecular complexity index is 3680. The van der Waals surface area contributed by atoms with E-state index in [4.69, 9.17) is 0 Å². The van der Waals surface area contributed by atoms with Crippen LogP contribution in [0.2, 0.25) is 0 Å². The molecule has 15 rings (SSSR count). The lowest BCUT2D eigenvalue weighted by Crippen LogP contribution is -2.31. The number of nitrogens with zero attached hydrogens (tertiary/aromatic N) is 1. The third-order valence-corrected chi connectivity index (χ3v) is 18.7. The molecule has 0 atom stereocenters. The summed E-state index contributed by atoms with van der Waals surface area (Å²) in [7, 11) is 0. The van der Waals surface area contributed by atoms with Crippen LogP contribution in [0, 0.1) is 0 Å². The van der Waals surface area contributed by atoms with E-state index in [-0.39, 0.29) is 16.2 Å². The number of fused-ring (bicyclic) bond motifs is 18. The molecule has 1 nitrogen and oxygen atoms in total. The molecule has 7 aromatic carbocycles. The summed E-state index contributed by atoms with van der Waals surface area (Å²) < 4.78 is 2.72. The van der Waals surface area contributed by atoms with Gasteiger partial charge in [-0.25, -0.2) is 0 Å². The van der Waals surface area contributed by atoms with Crippen molar-refractivity contribution in [3.05, 3.63) is 194 Å². The topological polar surface area (TPSA) is 3.24 Å². The van der Waals surface area contributed by atoms with Crippen LogP contribution < -0.4 is 4.90 Å². The maximum Gasteiger partial charge on any atom is 0.0743 e. The van der Waals surface area contributed by atoms with E-state index >= 15 is 0 Å². The number of benzene rings is 7. The maximum absolute atomic E-state index is 2.62. The Morgan fingerprint density at radius 1 is 0.426 bits per heavy atom. The van der Waals surface area contributed by atoms with Crippen molar-refractivity contribution in [3.8, 4) is 32.0 Å². The van der Waals surface area contributed by atoms with Crippen LogP contribution in [0.25, 0.3) is 75.1 Å². The summed E-state index contributed by atoms with van der Waals surface area (Å²) in [5, 5.41) is 10.1. The molecular formula is C57H37NS3. The average molecular weight is 832 g/mol. The first-order chi connectivity index (χ1) is 29.8. The number of para-hydroxylation sites is 1. The number of thiophene rings is 3. The lowest BCUT2D eigenvalue weighted by molar-refractivity contribution is 0.627. The second-order valence-electron chi connectivity index (χ2n) is 18.7. The molecule has 1 aliphatic heterocycles. The highest BCUT2D eigenvalue weighted by Gasteiger charge is 2.52. The van der Waals surface area contributed by atoms with Gasteiger partial charge in [0.15, 0.2) is 0 Å². The van der Waals surface area contributed by atoms with Crippen LogP contribution in [0.5, 0.6) is 0 Å². The van der Waals surface area contributed by atoms with Gasteiger partial charge in [0.2, 0.25) is 0 Å². The zero-order chi connectivity index (χ0) is 40.3. The van der Waals surface area contributed by atoms with Gasteiger partial charge in [-0.2, -0.15) is 0 Å². The lowest BCUT2D eigenvalue weighted by Gasteiger charge is -2.43. The van der Waals surface area contributed by atoms with Gasteiger partial charge >= 0.3 is 0 Å². The molecule has 1 spiro atoms. The van der Waals surface area contributed by atoms with Crippen LogP contribution in [0.1, 0.15) is 83.3 Å². The maximum atomic E-state index is 2.62. The van der Waals surface area contributed by atoms with Gasteiger partial charge in [0.1, 0.15) is 0 Å². The minimum absolute atomic E-state index is 0.106. The highest BCUT2D eigenvalue weighted by atomic mass is 32.1. The SMILES string of the molecule is CC1(C)c2ccccc2-c2cc3c(cc21)N(c1cccc2c1sc1c4c(ccc12)C1(c2ccsc2-c2sccc21)c1ccc2c5c(ccc-4c15)C=C2)c1ccccc1C3(C)C. The van der Waals surface area contributed by atoms with Gasteiger partial charge in [-0.1, -0.05) is 131 Å². The van der Waals surface area contributed by atoms with Gasteiger partial charge in [-0.05, 0) is 130 Å². The Balaban J connectivity index is 1.05. The number of hydrogen-bond acceptors (Lipinski definition) is 4. The number of anilines is 3. The number of hydrogen-bond donors (Lipinski definition) is 0. The molecule has 4 heterocycles. The zero-order valence-electron chi connectivity index (χ0n) is 34.1. The molecule has 0 fully saturated rings. The smallest absolute Gasteiger partial charge is 0.0743 e. The molecule has 0 N–H and O–H groups in total. The van der Waals surface area contributed by atoms with E-state index in [0.29, 0.717) is 0 Å². The van der Waals surface area contributed by atoms with E-state index in [1.165, 1.54) is 136 Å². The van der Waals surface area contributed by atoms with Gasteiger partial charge in [0, 0.05) is 41.6 Å². The van der Waals surface area contributed by atoms with Crippen molar-refractivity contribution < 1.29 is 0 Å². The molecule has 0 bridgehead atoms. The molecule has 5 aliphatic rings. The monoisotopic (exact) mass is 831 g/mol. The molecule has 0 saturated carbocycles. The minimum atomic E-state index is -0.374. The zero-order valence-corrected chi connectivity index (χ0v) is 36.6. The predicted molar refractivity (Wildman–Crippen MR) is 262 cm³/mol. The van der Waals surface area contributed by atoms with Gasteiger partial charge in [0.05, 0.1) is 27.2 Å². The Hall–Kier alpha value is -6.04. The summed E-state index contributed by atoms with van der Waals surface area (Å²) >= 11 is 5.81. The van der Waals surface area contributed by atoms with Crippen molar-refractivity contribution in [1.29, 1.82) is 0 Å². The van der Waals surface area contributed by atoms with Crippen molar-refractivity contribution in [1.82, 2.24) is 0 Å². The molecule has 61 heavy (non-hydrogen) atoms. The van der Waals surface area contributed by atoms with Crippen LogP contribution in [-0.2, 0) is 16.2 Å². The van der Waals surface area contributed by atoms with Crippen LogP contribution in [-0.4, -0.2) is 0 Å². The van der Waals surface area contributed by atoms with Crippen LogP contribution in [0.4, 0.5) is 17.1 Å². The van der Waals surface area contributed by atoms with Crippen molar-refractivity contribution in [3.63, 3.8) is 0 Å². The first kappa shape index (κ1) is 33.7. The summed E-state index contributed by atoms with van der Waals surface area (Å²) in [5.74, 6) is 0. The molecule has 0 saturated heterocycles. The quantitative estimate of drug-likeness (QED) is 0.159. The summed E-state index contributed by atoms with van der Waals surface area (Å²) in [4.78, 5) is 5.49. The Morgan fingerprint density at radius 3 is 1.90 bits per heavy atom. The summed E-state index contributed by atoms with van der Waals surface area (Å²) in [6.45, 7) is 9.66. The normalized spacial score (nSPS) is 16.8. The fraction of sp³-hybridized carbons (Fsp3) is 0.123. The molecule has 0 amide bonds. The summed E-state index contributed by atoms with van der Waals surface area (Å²) in [5.41, 5.74) is 22.6. The second kappa shape index (κ2) is 10.9. The fourth-order valence-corrected chi connectivity index (χ4v) is 16.2. The second-order valence-corrected chi connectivity index (χ2v) is 21.6. The van der Waals surface area contributed by atoms with E-state index < -0.39 is 0 Å². The summed E-state index contributed by atoms with van der Waals surface area (Å²) in [6, 6.07) is 49.9. The molecular weight excluding hydrogens is 795 g/mol. The Morgan fingerprint density at radius 2 is 1.10 bits per heavy atom. The molecule has 3 aromatic heterocycles. The van der Waals surface area contributed by atoms with Gasteiger partial charge in [-0.3, -0.25) is 0 Å². The van der Waals surface area contributed by atoms with E-state index in [1.807, 2.05) is 34.0 Å². The first-order valence-electron chi connectivity index (χ1n) is 21.4. The van der Waals surface area contributed by atoms with Gasteiger partial charge in [0.25, 0.3) is 0 Å². The molecule has 0 unspecified atom stereocenters. The van der Waals surface area contributed by atoms with E-state index in [2.05, 4.69) is 183 Å². The van der Waals surface area contributed by atoms with Gasteiger partial charge in [-0.15, -0.1) is 34.0 Å². The van der Waals surface area contributed by atoms with E-state index in [0.717, 1.165) is 0 Å². The number of rotatable bonds is 1. The first-order valence-corrected chi connectivity index (χ1v) is 24.0. The molecule has 288 valence electrons.